The largest absolute Gasteiger partial charge is 0.490 e. The van der Waals surface area contributed by atoms with Crippen molar-refractivity contribution in [1.82, 2.24) is 15.5 Å². The molecule has 1 aliphatic heterocycles. The van der Waals surface area contributed by atoms with E-state index in [0.717, 1.165) is 41.0 Å². The Morgan fingerprint density at radius 3 is 2.46 bits per heavy atom. The number of rotatable bonds is 11. The van der Waals surface area contributed by atoms with Gasteiger partial charge in [-0.2, -0.15) is 13.2 Å². The molecular weight excluding hydrogens is 581 g/mol. The Balaban J connectivity index is 0.000000587. The topological polar surface area (TPSA) is 128 Å². The summed E-state index contributed by atoms with van der Waals surface area (Å²) >= 11 is 1.44. The van der Waals surface area contributed by atoms with Crippen LogP contribution in [-0.4, -0.2) is 81.4 Å². The highest BCUT2D eigenvalue weighted by molar-refractivity contribution is 7.91. The average Bonchev–Trinajstić information content (AvgIpc) is 3.62. The molecular formula is C27H31F3N4O5S2. The molecule has 4 rings (SSSR count). The number of carbonyl (C=O) groups is 2. The standard InChI is InChI=1S/C25H30N4O3S2.C2HF3O2/c1-29(16-12-19-8-10-20(11-9-19)25-27-14-15-28-25)24(30)7-4-13-26-18-34(31,32)23-17-33-22-6-3-2-5-21(22)23;3-2(4,5)1(6)7/h2-3,5-6,8-11,17,26H,4,7,12-16,18H2,1H3,(H,27,28);(H,6,7). The minimum Gasteiger partial charge on any atom is -0.475 e. The van der Waals surface area contributed by atoms with Gasteiger partial charge in [0, 0.05) is 47.6 Å². The smallest absolute Gasteiger partial charge is 0.475 e. The van der Waals surface area contributed by atoms with Crippen molar-refractivity contribution in [2.24, 2.45) is 4.99 Å². The number of carboxylic acid groups (broad SMARTS) is 1. The number of nitrogens with zero attached hydrogens (tertiary/aromatic N) is 2. The lowest BCUT2D eigenvalue weighted by Gasteiger charge is -2.17. The van der Waals surface area contributed by atoms with Crippen LogP contribution in [0.15, 0.2) is 63.8 Å². The lowest BCUT2D eigenvalue weighted by Crippen LogP contribution is -2.30. The van der Waals surface area contributed by atoms with Gasteiger partial charge in [0.2, 0.25) is 5.91 Å². The maximum atomic E-state index is 12.7. The third kappa shape index (κ3) is 9.54. The first-order valence-electron chi connectivity index (χ1n) is 12.7. The van der Waals surface area contributed by atoms with E-state index in [1.807, 2.05) is 31.3 Å². The number of aliphatic imine (C=N–C) groups is 1. The number of carbonyl (C=O) groups excluding carboxylic acids is 1. The lowest BCUT2D eigenvalue weighted by molar-refractivity contribution is -0.192. The molecule has 0 radical (unpaired) electrons. The normalized spacial score (nSPS) is 13.2. The number of hydrogen-bond donors (Lipinski definition) is 3. The van der Waals surface area contributed by atoms with Gasteiger partial charge in [0.15, 0.2) is 9.84 Å². The molecule has 0 aliphatic carbocycles. The summed E-state index contributed by atoms with van der Waals surface area (Å²) in [5.41, 5.74) is 2.27. The van der Waals surface area contributed by atoms with E-state index in [-0.39, 0.29) is 11.8 Å². The maximum absolute atomic E-state index is 12.7. The van der Waals surface area contributed by atoms with Crippen molar-refractivity contribution in [2.45, 2.75) is 30.3 Å². The predicted molar refractivity (Wildman–Crippen MR) is 152 cm³/mol. The summed E-state index contributed by atoms with van der Waals surface area (Å²) in [5, 5.41) is 15.9. The van der Waals surface area contributed by atoms with E-state index in [9.17, 15) is 26.4 Å². The number of benzene rings is 2. The zero-order valence-electron chi connectivity index (χ0n) is 22.3. The SMILES string of the molecule is CN(CCc1ccc(C2=NCCN2)cc1)C(=O)CCCNCS(=O)(=O)c1csc2ccccc12.O=C(O)C(F)(F)F. The Hall–Kier alpha value is -3.49. The van der Waals surface area contributed by atoms with Gasteiger partial charge >= 0.3 is 12.1 Å². The first-order chi connectivity index (χ1) is 19.4. The molecule has 1 amide bonds. The lowest BCUT2D eigenvalue weighted by atomic mass is 10.1. The Morgan fingerprint density at radius 2 is 1.83 bits per heavy atom. The second kappa shape index (κ2) is 14.4. The van der Waals surface area contributed by atoms with Gasteiger partial charge in [-0.15, -0.1) is 11.3 Å². The van der Waals surface area contributed by atoms with Crippen LogP contribution < -0.4 is 10.6 Å². The molecule has 1 aromatic heterocycles. The molecule has 0 spiro atoms. The van der Waals surface area contributed by atoms with Gasteiger partial charge in [0.1, 0.15) is 11.7 Å². The summed E-state index contributed by atoms with van der Waals surface area (Å²) in [6.07, 6.45) is -3.32. The van der Waals surface area contributed by atoms with Gasteiger partial charge in [-0.25, -0.2) is 13.2 Å². The second-order valence-electron chi connectivity index (χ2n) is 9.18. The van der Waals surface area contributed by atoms with Crippen LogP contribution in [0.1, 0.15) is 24.0 Å². The summed E-state index contributed by atoms with van der Waals surface area (Å²) in [6, 6.07) is 15.8. The van der Waals surface area contributed by atoms with Gasteiger partial charge in [0.25, 0.3) is 0 Å². The van der Waals surface area contributed by atoms with E-state index in [2.05, 4.69) is 39.9 Å². The van der Waals surface area contributed by atoms with Gasteiger partial charge in [-0.05, 0) is 31.0 Å². The van der Waals surface area contributed by atoms with Crippen molar-refractivity contribution < 1.29 is 36.3 Å². The van der Waals surface area contributed by atoms with Gasteiger partial charge in [-0.3, -0.25) is 9.79 Å². The van der Waals surface area contributed by atoms with Gasteiger partial charge in [0.05, 0.1) is 11.4 Å². The quantitative estimate of drug-likeness (QED) is 0.282. The number of aliphatic carboxylic acids is 1. The number of halogens is 3. The zero-order chi connectivity index (χ0) is 30.0. The van der Waals surface area contributed by atoms with Crippen molar-refractivity contribution in [3.63, 3.8) is 0 Å². The number of amidine groups is 1. The maximum Gasteiger partial charge on any atom is 0.490 e. The molecule has 0 fully saturated rings. The zero-order valence-corrected chi connectivity index (χ0v) is 23.9. The highest BCUT2D eigenvalue weighted by atomic mass is 32.2. The van der Waals surface area contributed by atoms with E-state index >= 15 is 0 Å². The van der Waals surface area contributed by atoms with Crippen LogP contribution in [0, 0.1) is 0 Å². The fraction of sp³-hybridized carbons (Fsp3) is 0.370. The van der Waals surface area contributed by atoms with Crippen LogP contribution in [-0.2, 0) is 25.8 Å². The highest BCUT2D eigenvalue weighted by Crippen LogP contribution is 2.29. The van der Waals surface area contributed by atoms with Crippen LogP contribution in [0.3, 0.4) is 0 Å². The Morgan fingerprint density at radius 1 is 1.15 bits per heavy atom. The van der Waals surface area contributed by atoms with E-state index in [0.29, 0.717) is 30.8 Å². The van der Waals surface area contributed by atoms with Crippen molar-refractivity contribution >= 4 is 49.0 Å². The van der Waals surface area contributed by atoms with E-state index in [4.69, 9.17) is 9.90 Å². The molecule has 3 aromatic rings. The number of alkyl halides is 3. The van der Waals surface area contributed by atoms with Crippen molar-refractivity contribution in [3.05, 3.63) is 65.0 Å². The molecule has 0 atom stereocenters. The van der Waals surface area contributed by atoms with Crippen LogP contribution in [0.5, 0.6) is 0 Å². The number of thiophene rings is 1. The third-order valence-electron chi connectivity index (χ3n) is 6.12. The number of likely N-dealkylation sites (N-methyl/N-ethyl adjacent to an activating group) is 1. The number of fused-ring (bicyclic) bond motifs is 1. The Bertz CT molecular complexity index is 1470. The fourth-order valence-electron chi connectivity index (χ4n) is 3.88. The number of carboxylic acids is 1. The van der Waals surface area contributed by atoms with Gasteiger partial charge in [-0.1, -0.05) is 42.5 Å². The monoisotopic (exact) mass is 612 g/mol. The summed E-state index contributed by atoms with van der Waals surface area (Å²) in [7, 11) is -1.60. The number of nitrogens with one attached hydrogen (secondary N) is 2. The molecule has 2 heterocycles. The predicted octanol–water partition coefficient (Wildman–Crippen LogP) is 3.69. The first-order valence-corrected chi connectivity index (χ1v) is 15.2. The van der Waals surface area contributed by atoms with Gasteiger partial charge < -0.3 is 20.6 Å². The van der Waals surface area contributed by atoms with Crippen LogP contribution >= 0.6 is 11.3 Å². The number of sulfone groups is 1. The molecule has 222 valence electrons. The number of amides is 1. The summed E-state index contributed by atoms with van der Waals surface area (Å²) in [5.74, 6) is -1.87. The minimum atomic E-state index is -5.08. The first kappa shape index (κ1) is 32.0. The fourth-order valence-corrected chi connectivity index (χ4v) is 6.58. The Kier molecular flexibility index (Phi) is 11.3. The van der Waals surface area contributed by atoms with Crippen LogP contribution in [0.4, 0.5) is 13.2 Å². The molecule has 0 unspecified atom stereocenters. The molecule has 14 heteroatoms. The molecule has 41 heavy (non-hydrogen) atoms. The molecule has 0 saturated carbocycles. The van der Waals surface area contributed by atoms with E-state index < -0.39 is 22.0 Å². The molecule has 9 nitrogen and oxygen atoms in total. The van der Waals surface area contributed by atoms with E-state index in [1.54, 1.807) is 10.3 Å². The van der Waals surface area contributed by atoms with Crippen molar-refractivity contribution in [1.29, 1.82) is 0 Å². The molecule has 1 aliphatic rings. The summed E-state index contributed by atoms with van der Waals surface area (Å²) in [6.45, 7) is 2.83. The van der Waals surface area contributed by atoms with Crippen LogP contribution in [0.25, 0.3) is 10.1 Å². The van der Waals surface area contributed by atoms with E-state index in [1.165, 1.54) is 16.9 Å². The molecule has 3 N–H and O–H groups in total. The molecule has 0 bridgehead atoms. The summed E-state index contributed by atoms with van der Waals surface area (Å²) < 4.78 is 58.1. The Labute approximate surface area is 240 Å². The van der Waals surface area contributed by atoms with Crippen LogP contribution in [0.2, 0.25) is 0 Å². The van der Waals surface area contributed by atoms with Crippen molar-refractivity contribution in [3.8, 4) is 0 Å². The highest BCUT2D eigenvalue weighted by Gasteiger charge is 2.38. The second-order valence-corrected chi connectivity index (χ2v) is 12.1. The summed E-state index contributed by atoms with van der Waals surface area (Å²) in [4.78, 5) is 27.9. The van der Waals surface area contributed by atoms with Crippen molar-refractivity contribution in [2.75, 3.05) is 39.1 Å². The number of hydrogen-bond acceptors (Lipinski definition) is 8. The molecule has 0 saturated heterocycles. The minimum absolute atomic E-state index is 0.0645. The third-order valence-corrected chi connectivity index (χ3v) is 8.83. The molecule has 2 aromatic carbocycles. The average molecular weight is 613 g/mol.